The average Bonchev–Trinajstić information content (AvgIpc) is 3.34. The first-order valence-corrected chi connectivity index (χ1v) is 8.08. The fraction of sp³-hybridized carbons (Fsp3) is 0.368. The SMILES string of the molecule is Cc1ccc(C2(NC(=O)N(C)CCc3ccncc3)CC2)cc1. The monoisotopic (exact) mass is 309 g/mol. The lowest BCUT2D eigenvalue weighted by Gasteiger charge is -2.24. The number of rotatable bonds is 5. The van der Waals surface area contributed by atoms with Crippen molar-refractivity contribution >= 4 is 6.03 Å². The molecule has 0 atom stereocenters. The van der Waals surface area contributed by atoms with Crippen LogP contribution < -0.4 is 5.32 Å². The maximum Gasteiger partial charge on any atom is 0.317 e. The third-order valence-electron chi connectivity index (χ3n) is 4.53. The van der Waals surface area contributed by atoms with E-state index in [-0.39, 0.29) is 11.6 Å². The van der Waals surface area contributed by atoms with Gasteiger partial charge in [-0.25, -0.2) is 4.79 Å². The van der Waals surface area contributed by atoms with Gasteiger partial charge in [-0.15, -0.1) is 0 Å². The third-order valence-corrected chi connectivity index (χ3v) is 4.53. The van der Waals surface area contributed by atoms with Crippen LogP contribution in [0.5, 0.6) is 0 Å². The number of hydrogen-bond donors (Lipinski definition) is 1. The second kappa shape index (κ2) is 6.41. The molecule has 0 spiro atoms. The fourth-order valence-corrected chi connectivity index (χ4v) is 2.73. The summed E-state index contributed by atoms with van der Waals surface area (Å²) in [7, 11) is 1.85. The van der Waals surface area contributed by atoms with Crippen molar-refractivity contribution in [3.05, 3.63) is 65.5 Å². The molecule has 0 aliphatic heterocycles. The first kappa shape index (κ1) is 15.5. The highest BCUT2D eigenvalue weighted by atomic mass is 16.2. The quantitative estimate of drug-likeness (QED) is 0.921. The van der Waals surface area contributed by atoms with Crippen LogP contribution in [-0.4, -0.2) is 29.5 Å². The number of pyridine rings is 1. The first-order valence-electron chi connectivity index (χ1n) is 8.08. The lowest BCUT2D eigenvalue weighted by Crippen LogP contribution is -2.43. The molecule has 2 aromatic rings. The second-order valence-corrected chi connectivity index (χ2v) is 6.41. The lowest BCUT2D eigenvalue weighted by atomic mass is 10.0. The van der Waals surface area contributed by atoms with Crippen molar-refractivity contribution in [3.63, 3.8) is 0 Å². The van der Waals surface area contributed by atoms with Crippen molar-refractivity contribution in [2.24, 2.45) is 0 Å². The van der Waals surface area contributed by atoms with E-state index in [1.807, 2.05) is 19.2 Å². The molecule has 1 saturated carbocycles. The van der Waals surface area contributed by atoms with E-state index in [4.69, 9.17) is 0 Å². The van der Waals surface area contributed by atoms with Crippen LogP contribution >= 0.6 is 0 Å². The van der Waals surface area contributed by atoms with Gasteiger partial charge >= 0.3 is 6.03 Å². The molecule has 3 rings (SSSR count). The summed E-state index contributed by atoms with van der Waals surface area (Å²) in [6.45, 7) is 2.77. The fourth-order valence-electron chi connectivity index (χ4n) is 2.73. The van der Waals surface area contributed by atoms with E-state index in [1.54, 1.807) is 17.3 Å². The molecule has 1 aliphatic rings. The Morgan fingerprint density at radius 3 is 2.43 bits per heavy atom. The number of hydrogen-bond acceptors (Lipinski definition) is 2. The van der Waals surface area contributed by atoms with Crippen molar-refractivity contribution in [2.75, 3.05) is 13.6 Å². The number of benzene rings is 1. The van der Waals surface area contributed by atoms with Gasteiger partial charge in [0.25, 0.3) is 0 Å². The molecule has 0 radical (unpaired) electrons. The van der Waals surface area contributed by atoms with Crippen LogP contribution in [0, 0.1) is 6.92 Å². The summed E-state index contributed by atoms with van der Waals surface area (Å²) < 4.78 is 0. The number of aromatic nitrogens is 1. The van der Waals surface area contributed by atoms with Crippen LogP contribution in [0.15, 0.2) is 48.8 Å². The average molecular weight is 309 g/mol. The highest BCUT2D eigenvalue weighted by molar-refractivity contribution is 5.75. The molecule has 1 aliphatic carbocycles. The highest BCUT2D eigenvalue weighted by Crippen LogP contribution is 2.45. The van der Waals surface area contributed by atoms with Gasteiger partial charge in [-0.3, -0.25) is 4.98 Å². The lowest BCUT2D eigenvalue weighted by molar-refractivity contribution is 0.203. The molecule has 0 bridgehead atoms. The molecule has 1 heterocycles. The van der Waals surface area contributed by atoms with Gasteiger partial charge in [0.15, 0.2) is 0 Å². The Morgan fingerprint density at radius 1 is 1.17 bits per heavy atom. The largest absolute Gasteiger partial charge is 0.328 e. The molecule has 120 valence electrons. The number of nitrogens with one attached hydrogen (secondary N) is 1. The number of carbonyl (C=O) groups excluding carboxylic acids is 1. The van der Waals surface area contributed by atoms with Crippen LogP contribution in [0.25, 0.3) is 0 Å². The van der Waals surface area contributed by atoms with Crippen LogP contribution in [-0.2, 0) is 12.0 Å². The van der Waals surface area contributed by atoms with Crippen molar-refractivity contribution in [1.82, 2.24) is 15.2 Å². The third kappa shape index (κ3) is 3.70. The van der Waals surface area contributed by atoms with E-state index < -0.39 is 0 Å². The zero-order valence-corrected chi connectivity index (χ0v) is 13.7. The summed E-state index contributed by atoms with van der Waals surface area (Å²) in [5.41, 5.74) is 3.49. The van der Waals surface area contributed by atoms with Gasteiger partial charge in [0.2, 0.25) is 0 Å². The van der Waals surface area contributed by atoms with Crippen LogP contribution in [0.4, 0.5) is 4.79 Å². The minimum absolute atomic E-state index is 0.00266. The molecule has 0 saturated heterocycles. The number of likely N-dealkylation sites (N-methyl/N-ethyl adjacent to an activating group) is 1. The topological polar surface area (TPSA) is 45.2 Å². The molecular formula is C19H23N3O. The molecular weight excluding hydrogens is 286 g/mol. The number of aryl methyl sites for hydroxylation is 1. The molecule has 1 fully saturated rings. The Labute approximate surface area is 137 Å². The zero-order valence-electron chi connectivity index (χ0n) is 13.7. The Bertz CT molecular complexity index is 663. The van der Waals surface area contributed by atoms with Crippen molar-refractivity contribution in [3.8, 4) is 0 Å². The maximum absolute atomic E-state index is 12.5. The molecule has 1 N–H and O–H groups in total. The second-order valence-electron chi connectivity index (χ2n) is 6.41. The van der Waals surface area contributed by atoms with Gasteiger partial charge in [0.1, 0.15) is 0 Å². The smallest absolute Gasteiger partial charge is 0.317 e. The molecule has 4 heteroatoms. The molecule has 2 amide bonds. The molecule has 1 aromatic heterocycles. The minimum atomic E-state index is -0.157. The summed E-state index contributed by atoms with van der Waals surface area (Å²) in [6, 6.07) is 12.4. The Morgan fingerprint density at radius 2 is 1.83 bits per heavy atom. The Hall–Kier alpha value is -2.36. The summed E-state index contributed by atoms with van der Waals surface area (Å²) in [6.07, 6.45) is 6.43. The standard InChI is InChI=1S/C19H23N3O/c1-15-3-5-17(6-4-15)19(10-11-19)21-18(23)22(2)14-9-16-7-12-20-13-8-16/h3-8,12-13H,9-11,14H2,1-2H3,(H,21,23). The Balaban J connectivity index is 1.57. The van der Waals surface area contributed by atoms with Crippen LogP contribution in [0.2, 0.25) is 0 Å². The van der Waals surface area contributed by atoms with Gasteiger partial charge in [-0.05, 0) is 49.4 Å². The molecule has 4 nitrogen and oxygen atoms in total. The maximum atomic E-state index is 12.5. The summed E-state index contributed by atoms with van der Waals surface area (Å²) >= 11 is 0. The normalized spacial score (nSPS) is 15.0. The van der Waals surface area contributed by atoms with Gasteiger partial charge < -0.3 is 10.2 Å². The van der Waals surface area contributed by atoms with Crippen molar-refractivity contribution < 1.29 is 4.79 Å². The summed E-state index contributed by atoms with van der Waals surface area (Å²) in [5, 5.41) is 3.21. The number of urea groups is 1. The number of nitrogens with zero attached hydrogens (tertiary/aromatic N) is 2. The van der Waals surface area contributed by atoms with E-state index in [0.29, 0.717) is 6.54 Å². The van der Waals surface area contributed by atoms with Crippen molar-refractivity contribution in [1.29, 1.82) is 0 Å². The van der Waals surface area contributed by atoms with Crippen LogP contribution in [0.1, 0.15) is 29.5 Å². The van der Waals surface area contributed by atoms with E-state index in [9.17, 15) is 4.79 Å². The first-order chi connectivity index (χ1) is 11.1. The predicted molar refractivity (Wildman–Crippen MR) is 91.2 cm³/mol. The van der Waals surface area contributed by atoms with Gasteiger partial charge in [0, 0.05) is 26.0 Å². The molecule has 0 unspecified atom stereocenters. The number of amides is 2. The van der Waals surface area contributed by atoms with E-state index in [0.717, 1.165) is 19.3 Å². The molecule has 1 aromatic carbocycles. The van der Waals surface area contributed by atoms with Gasteiger partial charge in [0.05, 0.1) is 5.54 Å². The van der Waals surface area contributed by atoms with Gasteiger partial charge in [-0.2, -0.15) is 0 Å². The van der Waals surface area contributed by atoms with E-state index in [2.05, 4.69) is 41.5 Å². The molecule has 23 heavy (non-hydrogen) atoms. The van der Waals surface area contributed by atoms with Gasteiger partial charge in [-0.1, -0.05) is 29.8 Å². The predicted octanol–water partition coefficient (Wildman–Crippen LogP) is 3.26. The van der Waals surface area contributed by atoms with E-state index in [1.165, 1.54) is 16.7 Å². The Kier molecular flexibility index (Phi) is 4.33. The van der Waals surface area contributed by atoms with E-state index >= 15 is 0 Å². The number of carbonyl (C=O) groups is 1. The highest BCUT2D eigenvalue weighted by Gasteiger charge is 2.46. The minimum Gasteiger partial charge on any atom is -0.328 e. The van der Waals surface area contributed by atoms with Crippen molar-refractivity contribution in [2.45, 2.75) is 31.7 Å². The summed E-state index contributed by atoms with van der Waals surface area (Å²) in [4.78, 5) is 18.2. The van der Waals surface area contributed by atoms with Crippen LogP contribution in [0.3, 0.4) is 0 Å². The summed E-state index contributed by atoms with van der Waals surface area (Å²) in [5.74, 6) is 0. The zero-order chi connectivity index (χ0) is 16.3.